The summed E-state index contributed by atoms with van der Waals surface area (Å²) in [7, 11) is -4.18. The quantitative estimate of drug-likeness (QED) is 0.641. The summed E-state index contributed by atoms with van der Waals surface area (Å²) < 4.78 is 65.6. The zero-order chi connectivity index (χ0) is 22.1. The molecule has 2 saturated heterocycles. The second-order valence-electron chi connectivity index (χ2n) is 6.95. The van der Waals surface area contributed by atoms with Crippen molar-refractivity contribution in [1.82, 2.24) is 19.4 Å². The number of nitrogens with one attached hydrogen (secondary N) is 1. The highest BCUT2D eigenvalue weighted by Gasteiger charge is 2.35. The summed E-state index contributed by atoms with van der Waals surface area (Å²) in [5.41, 5.74) is -1.08. The summed E-state index contributed by atoms with van der Waals surface area (Å²) in [6.45, 7) is 1.74. The van der Waals surface area contributed by atoms with Gasteiger partial charge in [0.2, 0.25) is 15.9 Å². The lowest BCUT2D eigenvalue weighted by Crippen LogP contribution is -2.49. The van der Waals surface area contributed by atoms with E-state index in [1.807, 2.05) is 4.90 Å². The van der Waals surface area contributed by atoms with Crippen LogP contribution in [0.25, 0.3) is 0 Å². The maximum atomic E-state index is 13.0. The van der Waals surface area contributed by atoms with Crippen molar-refractivity contribution in [2.24, 2.45) is 0 Å². The average Bonchev–Trinajstić information content (AvgIpc) is 2.99. The number of halogens is 4. The van der Waals surface area contributed by atoms with Crippen molar-refractivity contribution < 1.29 is 31.2 Å². The molecule has 8 nitrogen and oxygen atoms in total. The van der Waals surface area contributed by atoms with E-state index in [0.717, 1.165) is 21.3 Å². The van der Waals surface area contributed by atoms with Gasteiger partial charge in [-0.2, -0.15) is 17.5 Å². The molecule has 2 aliphatic rings. The SMILES string of the molecule is O=C1CNC(=O)N1CCCN1CCN(S(=O)(=O)c2cc(C(F)(F)F)ccc2Cl)CC1. The topological polar surface area (TPSA) is 90.0 Å². The molecule has 1 aromatic carbocycles. The van der Waals surface area contributed by atoms with E-state index in [2.05, 4.69) is 5.32 Å². The number of imide groups is 1. The van der Waals surface area contributed by atoms with Crippen LogP contribution in [0.1, 0.15) is 12.0 Å². The Morgan fingerprint density at radius 2 is 1.73 bits per heavy atom. The lowest BCUT2D eigenvalue weighted by molar-refractivity contribution is -0.137. The van der Waals surface area contributed by atoms with Gasteiger partial charge in [0.15, 0.2) is 0 Å². The van der Waals surface area contributed by atoms with Gasteiger partial charge in [-0.05, 0) is 31.2 Å². The van der Waals surface area contributed by atoms with E-state index >= 15 is 0 Å². The van der Waals surface area contributed by atoms with E-state index in [-0.39, 0.29) is 37.1 Å². The van der Waals surface area contributed by atoms with Crippen LogP contribution in [0.2, 0.25) is 5.02 Å². The van der Waals surface area contributed by atoms with Gasteiger partial charge in [0.05, 0.1) is 17.1 Å². The van der Waals surface area contributed by atoms with Crippen molar-refractivity contribution in [2.75, 3.05) is 45.8 Å². The Morgan fingerprint density at radius 3 is 2.30 bits per heavy atom. The van der Waals surface area contributed by atoms with E-state index in [4.69, 9.17) is 11.6 Å². The average molecular weight is 469 g/mol. The van der Waals surface area contributed by atoms with E-state index in [9.17, 15) is 31.2 Å². The standard InChI is InChI=1S/C17H20ClF3N4O4S/c18-13-3-2-12(17(19,20)21)10-14(13)30(28,29)24-8-6-23(7-9-24)4-1-5-25-15(26)11-22-16(25)27/h2-3,10H,1,4-9,11H2,(H,22,27). The van der Waals surface area contributed by atoms with Crippen LogP contribution in [0.5, 0.6) is 0 Å². The molecule has 3 amide bonds. The Bertz CT molecular complexity index is 917. The molecule has 2 fully saturated rings. The van der Waals surface area contributed by atoms with Crippen LogP contribution in [-0.2, 0) is 21.0 Å². The van der Waals surface area contributed by atoms with Gasteiger partial charge in [-0.25, -0.2) is 13.2 Å². The molecule has 0 aliphatic carbocycles. The fourth-order valence-electron chi connectivity index (χ4n) is 3.34. The molecule has 1 aromatic rings. The Morgan fingerprint density at radius 1 is 1.07 bits per heavy atom. The van der Waals surface area contributed by atoms with Crippen LogP contribution in [0.15, 0.2) is 23.1 Å². The highest BCUT2D eigenvalue weighted by atomic mass is 35.5. The van der Waals surface area contributed by atoms with Gasteiger partial charge in [0.1, 0.15) is 4.90 Å². The summed E-state index contributed by atoms with van der Waals surface area (Å²) in [6, 6.07) is 1.81. The Kier molecular flexibility index (Phi) is 6.60. The number of amides is 3. The summed E-state index contributed by atoms with van der Waals surface area (Å²) >= 11 is 5.88. The van der Waals surface area contributed by atoms with Crippen molar-refractivity contribution >= 4 is 33.6 Å². The first kappa shape index (κ1) is 22.8. The number of carbonyl (C=O) groups is 2. The van der Waals surface area contributed by atoms with Gasteiger partial charge in [0, 0.05) is 32.7 Å². The van der Waals surface area contributed by atoms with Crippen molar-refractivity contribution in [3.05, 3.63) is 28.8 Å². The highest BCUT2D eigenvalue weighted by Crippen LogP contribution is 2.34. The number of hydrogen-bond donors (Lipinski definition) is 1. The molecule has 0 bridgehead atoms. The zero-order valence-corrected chi connectivity index (χ0v) is 17.4. The summed E-state index contributed by atoms with van der Waals surface area (Å²) in [5, 5.41) is 2.17. The van der Waals surface area contributed by atoms with Crippen molar-refractivity contribution in [2.45, 2.75) is 17.5 Å². The van der Waals surface area contributed by atoms with E-state index in [1.54, 1.807) is 0 Å². The minimum absolute atomic E-state index is 0.00648. The van der Waals surface area contributed by atoms with Crippen LogP contribution in [0.3, 0.4) is 0 Å². The molecule has 0 unspecified atom stereocenters. The molecule has 3 rings (SSSR count). The van der Waals surface area contributed by atoms with E-state index in [0.29, 0.717) is 32.1 Å². The van der Waals surface area contributed by atoms with Gasteiger partial charge in [-0.1, -0.05) is 11.6 Å². The Hall–Kier alpha value is -1.89. The number of sulfonamides is 1. The van der Waals surface area contributed by atoms with Gasteiger partial charge in [-0.3, -0.25) is 9.69 Å². The molecule has 2 heterocycles. The summed E-state index contributed by atoms with van der Waals surface area (Å²) in [6.07, 6.45) is -4.15. The number of piperazine rings is 1. The Balaban J connectivity index is 1.58. The number of benzene rings is 1. The molecular weight excluding hydrogens is 449 g/mol. The largest absolute Gasteiger partial charge is 0.416 e. The predicted molar refractivity (Wildman–Crippen MR) is 101 cm³/mol. The summed E-state index contributed by atoms with van der Waals surface area (Å²) in [5.74, 6) is -0.283. The van der Waals surface area contributed by atoms with Crippen molar-refractivity contribution in [1.29, 1.82) is 0 Å². The monoisotopic (exact) mass is 468 g/mol. The summed E-state index contributed by atoms with van der Waals surface area (Å²) in [4.78, 5) is 25.6. The normalized spacial score (nSPS) is 19.4. The first-order valence-corrected chi connectivity index (χ1v) is 11.0. The fourth-order valence-corrected chi connectivity index (χ4v) is 5.27. The lowest BCUT2D eigenvalue weighted by Gasteiger charge is -2.34. The lowest BCUT2D eigenvalue weighted by atomic mass is 10.2. The zero-order valence-electron chi connectivity index (χ0n) is 15.8. The van der Waals surface area contributed by atoms with Crippen LogP contribution in [-0.4, -0.2) is 80.3 Å². The van der Waals surface area contributed by atoms with Crippen LogP contribution >= 0.6 is 11.6 Å². The van der Waals surface area contributed by atoms with Crippen LogP contribution in [0.4, 0.5) is 18.0 Å². The number of hydrogen-bond acceptors (Lipinski definition) is 5. The third kappa shape index (κ3) is 4.88. The minimum Gasteiger partial charge on any atom is -0.329 e. The molecular formula is C17H20ClF3N4O4S. The number of rotatable bonds is 6. The number of urea groups is 1. The third-order valence-corrected chi connectivity index (χ3v) is 7.38. The first-order valence-electron chi connectivity index (χ1n) is 9.17. The van der Waals surface area contributed by atoms with E-state index < -0.39 is 32.7 Å². The Labute approximate surface area is 176 Å². The van der Waals surface area contributed by atoms with Gasteiger partial charge >= 0.3 is 12.2 Å². The molecule has 166 valence electrons. The van der Waals surface area contributed by atoms with Gasteiger partial charge in [-0.15, -0.1) is 0 Å². The maximum absolute atomic E-state index is 13.0. The number of carbonyl (C=O) groups excluding carboxylic acids is 2. The maximum Gasteiger partial charge on any atom is 0.416 e. The second-order valence-corrected chi connectivity index (χ2v) is 9.26. The molecule has 0 aromatic heterocycles. The molecule has 1 N–H and O–H groups in total. The molecule has 0 radical (unpaired) electrons. The third-order valence-electron chi connectivity index (χ3n) is 5.00. The molecule has 0 saturated carbocycles. The molecule has 0 atom stereocenters. The molecule has 30 heavy (non-hydrogen) atoms. The second kappa shape index (κ2) is 8.69. The van der Waals surface area contributed by atoms with Crippen LogP contribution < -0.4 is 5.32 Å². The molecule has 2 aliphatic heterocycles. The van der Waals surface area contributed by atoms with Crippen LogP contribution in [0, 0.1) is 0 Å². The molecule has 0 spiro atoms. The number of nitrogens with zero attached hydrogens (tertiary/aromatic N) is 3. The predicted octanol–water partition coefficient (Wildman–Crippen LogP) is 1.61. The smallest absolute Gasteiger partial charge is 0.329 e. The highest BCUT2D eigenvalue weighted by molar-refractivity contribution is 7.89. The van der Waals surface area contributed by atoms with Gasteiger partial charge in [0.25, 0.3) is 0 Å². The van der Waals surface area contributed by atoms with Gasteiger partial charge < -0.3 is 10.2 Å². The number of alkyl halides is 3. The first-order chi connectivity index (χ1) is 14.0. The van der Waals surface area contributed by atoms with Crippen molar-refractivity contribution in [3.63, 3.8) is 0 Å². The van der Waals surface area contributed by atoms with E-state index in [1.165, 1.54) is 0 Å². The minimum atomic E-state index is -4.68. The fraction of sp³-hybridized carbons (Fsp3) is 0.529. The van der Waals surface area contributed by atoms with Crippen molar-refractivity contribution in [3.8, 4) is 0 Å². The molecule has 13 heteroatoms.